The number of benzene rings is 2. The monoisotopic (exact) mass is 910 g/mol. The third kappa shape index (κ3) is 14.6. The molecule has 3 heterocycles. The number of nitrogens with two attached hydrogens (primary N) is 2. The van der Waals surface area contributed by atoms with Gasteiger partial charge in [0.25, 0.3) is 0 Å². The fourth-order valence-corrected chi connectivity index (χ4v) is 7.37. The predicted octanol–water partition coefficient (Wildman–Crippen LogP) is -1.19. The van der Waals surface area contributed by atoms with Gasteiger partial charge in [-0.1, -0.05) is 55.5 Å². The lowest BCUT2D eigenvalue weighted by Gasteiger charge is -2.27. The van der Waals surface area contributed by atoms with Crippen molar-refractivity contribution in [2.24, 2.45) is 11.5 Å². The van der Waals surface area contributed by atoms with Gasteiger partial charge in [-0.3, -0.25) is 43.8 Å². The van der Waals surface area contributed by atoms with Gasteiger partial charge in [-0.15, -0.1) is 0 Å². The van der Waals surface area contributed by atoms with Crippen LogP contribution in [0.15, 0.2) is 73.3 Å². The highest BCUT2D eigenvalue weighted by Gasteiger charge is 2.35. The Morgan fingerprint density at radius 2 is 1.59 bits per heavy atom. The molecule has 1 saturated heterocycles. The molecule has 1 fully saturated rings. The molecule has 15 N–H and O–H groups in total. The van der Waals surface area contributed by atoms with Crippen molar-refractivity contribution in [3.8, 4) is 0 Å². The van der Waals surface area contributed by atoms with E-state index in [-0.39, 0.29) is 70.4 Å². The van der Waals surface area contributed by atoms with Crippen LogP contribution in [0.4, 0.5) is 0 Å². The van der Waals surface area contributed by atoms with Gasteiger partial charge in [0, 0.05) is 62.1 Å². The molecule has 2 aromatic heterocycles. The smallest absolute Gasteiger partial charge is 0.247 e. The highest BCUT2D eigenvalue weighted by molar-refractivity contribution is 5.98. The Morgan fingerprint density at radius 3 is 2.30 bits per heavy atom. The number of carbonyl (C=O) groups excluding carboxylic acids is 8. The predicted molar refractivity (Wildman–Crippen MR) is 241 cm³/mol. The fraction of sp³-hybridized carbons (Fsp3) is 0.409. The Hall–Kier alpha value is -7.78. The van der Waals surface area contributed by atoms with Crippen LogP contribution in [-0.2, 0) is 51.2 Å². The van der Waals surface area contributed by atoms with E-state index in [1.54, 1.807) is 43.5 Å². The highest BCUT2D eigenvalue weighted by atomic mass is 16.2. The number of aromatic nitrogens is 3. The summed E-state index contributed by atoms with van der Waals surface area (Å²) < 4.78 is 0. The van der Waals surface area contributed by atoms with Crippen molar-refractivity contribution < 1.29 is 38.4 Å². The largest absolute Gasteiger partial charge is 0.370 e. The standard InChI is InChI=1S/C44H58N14O8/c1-2-9-36(60)53-31-15-16-35(59)49-19-17-32(41(64)56-33(38(45)61)20-26-22-51-29-13-7-6-12-28(26)29)54-39(62)30(14-8-18-50-44(46)47)55-43(66)37(25-10-4-3-5-11-25)58-42(65)34(57-40(31)63)21-27-23-48-24-52-27/h3-7,10-13,22-24,30-34,37,51H,2,8-9,14-21H2,1H3,(H2,45,61)(H,48,52)(H,49,59)(H,53,60)(H,54,62)(H,55,66)(H,56,64)(H,57,63)(H,58,65)(H4,46,47,50)/t30-,31-,32-,33-,34-,37?/m0/s1. The van der Waals surface area contributed by atoms with Crippen LogP contribution < -0.4 is 54.0 Å². The molecule has 0 bridgehead atoms. The fourth-order valence-electron chi connectivity index (χ4n) is 7.37. The quantitative estimate of drug-likeness (QED) is 0.0382. The molecule has 0 spiro atoms. The molecule has 4 aromatic rings. The summed E-state index contributed by atoms with van der Waals surface area (Å²) in [6.07, 6.45) is 4.50. The third-order valence-corrected chi connectivity index (χ3v) is 10.8. The minimum Gasteiger partial charge on any atom is -0.370 e. The van der Waals surface area contributed by atoms with Gasteiger partial charge in [-0.2, -0.15) is 0 Å². The lowest BCUT2D eigenvalue weighted by molar-refractivity contribution is -0.135. The van der Waals surface area contributed by atoms with Gasteiger partial charge in [0.15, 0.2) is 5.96 Å². The minimum absolute atomic E-state index is 0.00299. The summed E-state index contributed by atoms with van der Waals surface area (Å²) in [5.74, 6) is -6.25. The number of H-pyrrole nitrogens is 2. The second-order valence-corrected chi connectivity index (χ2v) is 15.9. The van der Waals surface area contributed by atoms with Crippen LogP contribution in [0.5, 0.6) is 0 Å². The van der Waals surface area contributed by atoms with Gasteiger partial charge in [-0.05, 0) is 49.3 Å². The van der Waals surface area contributed by atoms with Gasteiger partial charge in [0.1, 0.15) is 36.3 Å². The topological polar surface area (TPSA) is 353 Å². The first-order valence-electron chi connectivity index (χ1n) is 21.7. The van der Waals surface area contributed by atoms with E-state index in [1.165, 1.54) is 12.5 Å². The maximum Gasteiger partial charge on any atom is 0.247 e. The molecule has 1 aliphatic heterocycles. The minimum atomic E-state index is -1.44. The van der Waals surface area contributed by atoms with E-state index in [0.29, 0.717) is 23.2 Å². The van der Waals surface area contributed by atoms with Gasteiger partial charge >= 0.3 is 0 Å². The Balaban J connectivity index is 1.49. The van der Waals surface area contributed by atoms with Crippen molar-refractivity contribution in [1.82, 2.24) is 57.5 Å². The van der Waals surface area contributed by atoms with Crippen molar-refractivity contribution in [2.45, 2.75) is 101 Å². The van der Waals surface area contributed by atoms with Crippen LogP contribution in [0.1, 0.15) is 74.7 Å². The Kier molecular flexibility index (Phi) is 18.2. The van der Waals surface area contributed by atoms with Crippen LogP contribution >= 0.6 is 0 Å². The molecule has 22 nitrogen and oxygen atoms in total. The molecular formula is C44H58N14O8. The molecule has 22 heteroatoms. The zero-order valence-electron chi connectivity index (χ0n) is 36.5. The van der Waals surface area contributed by atoms with Crippen molar-refractivity contribution in [3.63, 3.8) is 0 Å². The number of hydrogen-bond donors (Lipinski definition) is 13. The number of fused-ring (bicyclic) bond motifs is 1. The van der Waals surface area contributed by atoms with E-state index in [9.17, 15) is 38.4 Å². The second kappa shape index (κ2) is 24.3. The van der Waals surface area contributed by atoms with E-state index in [0.717, 1.165) is 10.9 Å². The second-order valence-electron chi connectivity index (χ2n) is 15.9. The summed E-state index contributed by atoms with van der Waals surface area (Å²) in [7, 11) is 0. The Labute approximate surface area is 380 Å². The van der Waals surface area contributed by atoms with E-state index in [1.807, 2.05) is 24.3 Å². The number of nitrogens with zero attached hydrogens (tertiary/aromatic N) is 1. The number of primary amides is 1. The van der Waals surface area contributed by atoms with E-state index < -0.39 is 83.5 Å². The lowest BCUT2D eigenvalue weighted by Crippen LogP contribution is -2.58. The number of guanidine groups is 1. The Bertz CT molecular complexity index is 2340. The molecule has 352 valence electrons. The molecule has 6 atom stereocenters. The highest BCUT2D eigenvalue weighted by Crippen LogP contribution is 2.20. The summed E-state index contributed by atoms with van der Waals surface area (Å²) in [5.41, 5.74) is 13.5. The summed E-state index contributed by atoms with van der Waals surface area (Å²) in [4.78, 5) is 120. The zero-order chi connectivity index (χ0) is 47.6. The normalized spacial score (nSPS) is 20.7. The van der Waals surface area contributed by atoms with Crippen LogP contribution in [0.25, 0.3) is 10.9 Å². The van der Waals surface area contributed by atoms with Gasteiger partial charge in [0.05, 0.1) is 12.0 Å². The van der Waals surface area contributed by atoms with Crippen molar-refractivity contribution >= 4 is 64.1 Å². The zero-order valence-corrected chi connectivity index (χ0v) is 36.5. The first-order chi connectivity index (χ1) is 31.7. The maximum absolute atomic E-state index is 14.4. The number of amides is 8. The molecular weight excluding hydrogens is 853 g/mol. The van der Waals surface area contributed by atoms with E-state index in [2.05, 4.69) is 57.5 Å². The van der Waals surface area contributed by atoms with Crippen molar-refractivity contribution in [2.75, 3.05) is 13.1 Å². The average molecular weight is 911 g/mol. The third-order valence-electron chi connectivity index (χ3n) is 10.8. The number of nitrogens with one attached hydrogen (secondary N) is 11. The van der Waals surface area contributed by atoms with E-state index in [4.69, 9.17) is 16.9 Å². The van der Waals surface area contributed by atoms with Gasteiger partial charge < -0.3 is 64.0 Å². The molecule has 1 unspecified atom stereocenters. The molecule has 1 aliphatic rings. The van der Waals surface area contributed by atoms with Crippen LogP contribution in [0, 0.1) is 5.41 Å². The molecule has 5 rings (SSSR count). The van der Waals surface area contributed by atoms with Gasteiger partial charge in [-0.25, -0.2) is 4.98 Å². The first kappa shape index (κ1) is 49.2. The summed E-state index contributed by atoms with van der Waals surface area (Å²) in [6.45, 7) is 1.73. The van der Waals surface area contributed by atoms with Crippen molar-refractivity contribution in [1.29, 1.82) is 5.41 Å². The number of imidazole rings is 1. The summed E-state index contributed by atoms with van der Waals surface area (Å²) in [5, 5.41) is 29.8. The number of aromatic amines is 2. The maximum atomic E-state index is 14.4. The van der Waals surface area contributed by atoms with Crippen molar-refractivity contribution in [3.05, 3.63) is 90.1 Å². The van der Waals surface area contributed by atoms with Crippen LogP contribution in [0.2, 0.25) is 0 Å². The molecule has 2 aromatic carbocycles. The molecule has 66 heavy (non-hydrogen) atoms. The molecule has 0 aliphatic carbocycles. The SMILES string of the molecule is CCCC(=O)N[C@H]1CCC(=O)NCC[C@@H](C(=O)N[C@@H](Cc2c[nH]c3ccccc23)C(N)=O)NC(=O)[C@H](CCCNC(=N)N)NC(=O)C(c2ccccc2)NC(=O)[C@H](Cc2c[nH]cn2)NC1=O. The number of para-hydroxylation sites is 1. The number of carbonyl (C=O) groups is 8. The van der Waals surface area contributed by atoms with Crippen LogP contribution in [0.3, 0.4) is 0 Å². The first-order valence-corrected chi connectivity index (χ1v) is 21.7. The number of hydrogen-bond acceptors (Lipinski definition) is 10. The van der Waals surface area contributed by atoms with Crippen LogP contribution in [-0.4, -0.2) is 111 Å². The lowest BCUT2D eigenvalue weighted by atomic mass is 10.0. The average Bonchev–Trinajstić information content (AvgIpc) is 3.97. The molecule has 0 saturated carbocycles. The summed E-state index contributed by atoms with van der Waals surface area (Å²) >= 11 is 0. The number of rotatable bonds is 15. The molecule has 0 radical (unpaired) electrons. The molecule has 8 amide bonds. The van der Waals surface area contributed by atoms with Gasteiger partial charge in [0.2, 0.25) is 47.3 Å². The summed E-state index contributed by atoms with van der Waals surface area (Å²) in [6, 6.07) is 7.47. The van der Waals surface area contributed by atoms with E-state index >= 15 is 0 Å². The Morgan fingerprint density at radius 1 is 0.864 bits per heavy atom.